The third-order valence-electron chi connectivity index (χ3n) is 3.48. The summed E-state index contributed by atoms with van der Waals surface area (Å²) in [6.07, 6.45) is 1.69. The molecular weight excluding hydrogens is 332 g/mol. The van der Waals surface area contributed by atoms with E-state index in [0.717, 1.165) is 33.6 Å². The summed E-state index contributed by atoms with van der Waals surface area (Å²) in [5.74, 6) is 1.05. The van der Waals surface area contributed by atoms with Gasteiger partial charge in [-0.05, 0) is 47.0 Å². The van der Waals surface area contributed by atoms with Gasteiger partial charge < -0.3 is 4.74 Å². The summed E-state index contributed by atoms with van der Waals surface area (Å²) in [5, 5.41) is 4.30. The number of halogens is 1. The Bertz CT molecular complexity index is 632. The molecule has 0 amide bonds. The second kappa shape index (κ2) is 6.89. The molecule has 0 aliphatic carbocycles. The standard InChI is InChI=1S/C16H19BrN2O2/c1-11-16(17)15(19(2)18-11)10-13(20)7-4-12-5-8-14(21-3)9-6-12/h5-6,8-9H,4,7,10H2,1-3H3. The minimum Gasteiger partial charge on any atom is -0.497 e. The lowest BCUT2D eigenvalue weighted by molar-refractivity contribution is -0.118. The zero-order chi connectivity index (χ0) is 15.4. The minimum absolute atomic E-state index is 0.217. The van der Waals surface area contributed by atoms with E-state index in [4.69, 9.17) is 4.74 Å². The summed E-state index contributed by atoms with van der Waals surface area (Å²) in [6, 6.07) is 7.83. The molecule has 0 atom stereocenters. The summed E-state index contributed by atoms with van der Waals surface area (Å²) >= 11 is 3.49. The van der Waals surface area contributed by atoms with Gasteiger partial charge in [0.15, 0.2) is 0 Å². The second-order valence-electron chi connectivity index (χ2n) is 5.03. The highest BCUT2D eigenvalue weighted by Crippen LogP contribution is 2.21. The molecule has 5 heteroatoms. The van der Waals surface area contributed by atoms with Gasteiger partial charge in [0.25, 0.3) is 0 Å². The molecule has 0 aliphatic rings. The molecule has 1 aromatic carbocycles. The fourth-order valence-corrected chi connectivity index (χ4v) is 2.70. The van der Waals surface area contributed by atoms with Gasteiger partial charge in [-0.15, -0.1) is 0 Å². The van der Waals surface area contributed by atoms with Crippen LogP contribution in [0.2, 0.25) is 0 Å². The number of carbonyl (C=O) groups excluding carboxylic acids is 1. The van der Waals surface area contributed by atoms with Crippen molar-refractivity contribution in [3.63, 3.8) is 0 Å². The van der Waals surface area contributed by atoms with Gasteiger partial charge in [0.1, 0.15) is 11.5 Å². The van der Waals surface area contributed by atoms with Gasteiger partial charge in [-0.3, -0.25) is 9.48 Å². The molecule has 0 saturated heterocycles. The average Bonchev–Trinajstić information content (AvgIpc) is 2.72. The van der Waals surface area contributed by atoms with E-state index in [9.17, 15) is 4.79 Å². The minimum atomic E-state index is 0.217. The molecule has 0 N–H and O–H groups in total. The first-order valence-corrected chi connectivity index (χ1v) is 7.63. The Morgan fingerprint density at radius 2 is 2.00 bits per heavy atom. The van der Waals surface area contributed by atoms with Crippen molar-refractivity contribution in [1.29, 1.82) is 0 Å². The largest absolute Gasteiger partial charge is 0.497 e. The van der Waals surface area contributed by atoms with Gasteiger partial charge in [-0.2, -0.15) is 5.10 Å². The van der Waals surface area contributed by atoms with Crippen molar-refractivity contribution in [1.82, 2.24) is 9.78 Å². The smallest absolute Gasteiger partial charge is 0.139 e. The number of carbonyl (C=O) groups is 1. The van der Waals surface area contributed by atoms with Crippen molar-refractivity contribution in [3.05, 3.63) is 45.7 Å². The van der Waals surface area contributed by atoms with E-state index in [0.29, 0.717) is 12.8 Å². The van der Waals surface area contributed by atoms with E-state index in [1.165, 1.54) is 0 Å². The van der Waals surface area contributed by atoms with E-state index in [1.54, 1.807) is 11.8 Å². The molecule has 0 bridgehead atoms. The Kier molecular flexibility index (Phi) is 5.17. The lowest BCUT2D eigenvalue weighted by atomic mass is 10.0. The molecule has 21 heavy (non-hydrogen) atoms. The Morgan fingerprint density at radius 3 is 2.52 bits per heavy atom. The highest BCUT2D eigenvalue weighted by Gasteiger charge is 2.14. The second-order valence-corrected chi connectivity index (χ2v) is 5.83. The Balaban J connectivity index is 1.92. The van der Waals surface area contributed by atoms with Crippen molar-refractivity contribution < 1.29 is 9.53 Å². The maximum atomic E-state index is 12.1. The zero-order valence-electron chi connectivity index (χ0n) is 12.5. The molecule has 1 aromatic heterocycles. The van der Waals surface area contributed by atoms with Crippen LogP contribution >= 0.6 is 15.9 Å². The maximum absolute atomic E-state index is 12.1. The molecule has 2 rings (SSSR count). The Labute approximate surface area is 133 Å². The summed E-state index contributed by atoms with van der Waals surface area (Å²) in [7, 11) is 3.51. The van der Waals surface area contributed by atoms with Crippen LogP contribution in [0.25, 0.3) is 0 Å². The lowest BCUT2D eigenvalue weighted by Crippen LogP contribution is -2.09. The normalized spacial score (nSPS) is 10.7. The number of benzene rings is 1. The predicted octanol–water partition coefficient (Wildman–Crippen LogP) is 3.24. The first-order valence-electron chi connectivity index (χ1n) is 6.84. The van der Waals surface area contributed by atoms with Gasteiger partial charge in [-0.25, -0.2) is 0 Å². The number of hydrogen-bond donors (Lipinski definition) is 0. The van der Waals surface area contributed by atoms with Crippen LogP contribution in [0.15, 0.2) is 28.7 Å². The van der Waals surface area contributed by atoms with Crippen LogP contribution in [0.4, 0.5) is 0 Å². The lowest BCUT2D eigenvalue weighted by Gasteiger charge is -2.05. The number of nitrogens with zero attached hydrogens (tertiary/aromatic N) is 2. The summed E-state index contributed by atoms with van der Waals surface area (Å²) in [5.41, 5.74) is 2.99. The van der Waals surface area contributed by atoms with E-state index in [-0.39, 0.29) is 5.78 Å². The average molecular weight is 351 g/mol. The van der Waals surface area contributed by atoms with Crippen LogP contribution in [0.5, 0.6) is 5.75 Å². The Hall–Kier alpha value is -1.62. The van der Waals surface area contributed by atoms with E-state index in [1.807, 2.05) is 38.2 Å². The van der Waals surface area contributed by atoms with Crippen LogP contribution in [0, 0.1) is 6.92 Å². The van der Waals surface area contributed by atoms with Gasteiger partial charge in [0.05, 0.1) is 23.0 Å². The summed E-state index contributed by atoms with van der Waals surface area (Å²) < 4.78 is 7.82. The van der Waals surface area contributed by atoms with Crippen LogP contribution in [0.3, 0.4) is 0 Å². The van der Waals surface area contributed by atoms with Crippen molar-refractivity contribution in [2.75, 3.05) is 7.11 Å². The van der Waals surface area contributed by atoms with E-state index < -0.39 is 0 Å². The number of methoxy groups -OCH3 is 1. The zero-order valence-corrected chi connectivity index (χ0v) is 14.1. The van der Waals surface area contributed by atoms with Crippen LogP contribution < -0.4 is 4.74 Å². The van der Waals surface area contributed by atoms with E-state index in [2.05, 4.69) is 21.0 Å². The number of hydrogen-bond acceptors (Lipinski definition) is 3. The maximum Gasteiger partial charge on any atom is 0.139 e. The van der Waals surface area contributed by atoms with Gasteiger partial charge in [0.2, 0.25) is 0 Å². The van der Waals surface area contributed by atoms with Crippen LogP contribution in [-0.2, 0) is 24.7 Å². The quantitative estimate of drug-likeness (QED) is 0.803. The first-order chi connectivity index (χ1) is 10.0. The molecule has 2 aromatic rings. The molecule has 1 heterocycles. The number of aryl methyl sites for hydroxylation is 3. The van der Waals surface area contributed by atoms with Crippen LogP contribution in [0.1, 0.15) is 23.4 Å². The summed E-state index contributed by atoms with van der Waals surface area (Å²) in [4.78, 5) is 12.1. The topological polar surface area (TPSA) is 44.1 Å². The summed E-state index contributed by atoms with van der Waals surface area (Å²) in [6.45, 7) is 1.93. The number of Topliss-reactive ketones (excluding diaryl/α,β-unsaturated/α-hetero) is 1. The highest BCUT2D eigenvalue weighted by atomic mass is 79.9. The molecule has 0 unspecified atom stereocenters. The van der Waals surface area contributed by atoms with Crippen molar-refractivity contribution in [2.24, 2.45) is 7.05 Å². The Morgan fingerprint density at radius 1 is 1.33 bits per heavy atom. The number of aromatic nitrogens is 2. The molecule has 4 nitrogen and oxygen atoms in total. The fraction of sp³-hybridized carbons (Fsp3) is 0.375. The van der Waals surface area contributed by atoms with E-state index >= 15 is 0 Å². The fourth-order valence-electron chi connectivity index (χ4n) is 2.22. The first kappa shape index (κ1) is 15.8. The molecule has 0 fully saturated rings. The molecule has 0 radical (unpaired) electrons. The van der Waals surface area contributed by atoms with Gasteiger partial charge in [0, 0.05) is 19.9 Å². The number of rotatable bonds is 6. The third-order valence-corrected chi connectivity index (χ3v) is 4.51. The van der Waals surface area contributed by atoms with Crippen LogP contribution in [-0.4, -0.2) is 22.7 Å². The monoisotopic (exact) mass is 350 g/mol. The highest BCUT2D eigenvalue weighted by molar-refractivity contribution is 9.10. The molecule has 112 valence electrons. The third kappa shape index (κ3) is 3.94. The number of ketones is 1. The predicted molar refractivity (Wildman–Crippen MR) is 85.7 cm³/mol. The van der Waals surface area contributed by atoms with Crippen molar-refractivity contribution in [2.45, 2.75) is 26.2 Å². The van der Waals surface area contributed by atoms with Crippen molar-refractivity contribution in [3.8, 4) is 5.75 Å². The molecule has 0 saturated carbocycles. The molecule has 0 aliphatic heterocycles. The number of ether oxygens (including phenoxy) is 1. The van der Waals surface area contributed by atoms with Gasteiger partial charge >= 0.3 is 0 Å². The van der Waals surface area contributed by atoms with Crippen molar-refractivity contribution >= 4 is 21.7 Å². The SMILES string of the molecule is COc1ccc(CCC(=O)Cc2c(Br)c(C)nn2C)cc1. The van der Waals surface area contributed by atoms with Gasteiger partial charge in [-0.1, -0.05) is 12.1 Å². The molecular formula is C16H19BrN2O2. The molecule has 0 spiro atoms.